The molecule has 0 atom stereocenters. The van der Waals surface area contributed by atoms with Crippen LogP contribution in [0.3, 0.4) is 0 Å². The van der Waals surface area contributed by atoms with Crippen molar-refractivity contribution in [2.45, 2.75) is 45.2 Å². The van der Waals surface area contributed by atoms with Crippen molar-refractivity contribution in [2.75, 3.05) is 0 Å². The third-order valence-electron chi connectivity index (χ3n) is 3.63. The SMILES string of the molecule is CC1(C(F)(F)F)CC2(CCC2)C1. The van der Waals surface area contributed by atoms with E-state index in [9.17, 15) is 13.2 Å². The Kier molecular flexibility index (Phi) is 1.39. The zero-order valence-electron chi connectivity index (χ0n) is 7.17. The molecule has 3 heteroatoms. The average Bonchev–Trinajstić information content (AvgIpc) is 1.73. The second kappa shape index (κ2) is 1.99. The standard InChI is InChI=1S/C9H13F3/c1-7(9(10,11)12)5-8(6-7)3-2-4-8/h2-6H2,1H3. The van der Waals surface area contributed by atoms with E-state index in [-0.39, 0.29) is 5.41 Å². The summed E-state index contributed by atoms with van der Waals surface area (Å²) in [4.78, 5) is 0. The first-order valence-corrected chi connectivity index (χ1v) is 4.44. The molecule has 0 radical (unpaired) electrons. The summed E-state index contributed by atoms with van der Waals surface area (Å²) in [5.41, 5.74) is -1.24. The third kappa shape index (κ3) is 0.913. The Morgan fingerprint density at radius 1 is 1.08 bits per heavy atom. The van der Waals surface area contributed by atoms with E-state index in [1.807, 2.05) is 0 Å². The van der Waals surface area contributed by atoms with Gasteiger partial charge in [-0.2, -0.15) is 13.2 Å². The van der Waals surface area contributed by atoms with Crippen LogP contribution in [0.1, 0.15) is 39.0 Å². The highest BCUT2D eigenvalue weighted by Gasteiger charge is 2.65. The van der Waals surface area contributed by atoms with Gasteiger partial charge in [0.1, 0.15) is 0 Å². The van der Waals surface area contributed by atoms with Gasteiger partial charge in [-0.25, -0.2) is 0 Å². The molecular formula is C9H13F3. The molecule has 2 rings (SSSR count). The summed E-state index contributed by atoms with van der Waals surface area (Å²) in [6, 6.07) is 0. The van der Waals surface area contributed by atoms with Gasteiger partial charge in [-0.15, -0.1) is 0 Å². The van der Waals surface area contributed by atoms with Crippen LogP contribution in [-0.4, -0.2) is 6.18 Å². The van der Waals surface area contributed by atoms with Crippen LogP contribution in [0.4, 0.5) is 13.2 Å². The lowest BCUT2D eigenvalue weighted by Crippen LogP contribution is -2.55. The predicted molar refractivity (Wildman–Crippen MR) is 39.7 cm³/mol. The van der Waals surface area contributed by atoms with Crippen LogP contribution in [0.15, 0.2) is 0 Å². The first kappa shape index (κ1) is 8.39. The largest absolute Gasteiger partial charge is 0.394 e. The fourth-order valence-electron chi connectivity index (χ4n) is 2.83. The summed E-state index contributed by atoms with van der Waals surface area (Å²) < 4.78 is 37.2. The van der Waals surface area contributed by atoms with Gasteiger partial charge in [0.05, 0.1) is 5.41 Å². The highest BCUT2D eigenvalue weighted by molar-refractivity contribution is 5.07. The van der Waals surface area contributed by atoms with E-state index in [4.69, 9.17) is 0 Å². The zero-order chi connectivity index (χ0) is 9.04. The molecule has 12 heavy (non-hydrogen) atoms. The monoisotopic (exact) mass is 178 g/mol. The van der Waals surface area contributed by atoms with Crippen molar-refractivity contribution < 1.29 is 13.2 Å². The highest BCUT2D eigenvalue weighted by atomic mass is 19.4. The maximum absolute atomic E-state index is 12.4. The van der Waals surface area contributed by atoms with E-state index < -0.39 is 11.6 Å². The third-order valence-corrected chi connectivity index (χ3v) is 3.63. The molecule has 2 fully saturated rings. The molecule has 1 spiro atoms. The molecule has 0 amide bonds. The molecular weight excluding hydrogens is 165 g/mol. The summed E-state index contributed by atoms with van der Waals surface area (Å²) in [6.45, 7) is 1.36. The summed E-state index contributed by atoms with van der Waals surface area (Å²) in [6.07, 6.45) is -0.0356. The van der Waals surface area contributed by atoms with Crippen LogP contribution < -0.4 is 0 Å². The van der Waals surface area contributed by atoms with E-state index in [1.165, 1.54) is 6.92 Å². The van der Waals surface area contributed by atoms with E-state index in [2.05, 4.69) is 0 Å². The molecule has 2 saturated carbocycles. The molecule has 0 aliphatic heterocycles. The Morgan fingerprint density at radius 2 is 1.58 bits per heavy atom. The smallest absolute Gasteiger partial charge is 0.171 e. The van der Waals surface area contributed by atoms with Gasteiger partial charge in [0.15, 0.2) is 0 Å². The maximum Gasteiger partial charge on any atom is 0.394 e. The topological polar surface area (TPSA) is 0 Å². The van der Waals surface area contributed by atoms with Crippen LogP contribution in [0, 0.1) is 10.8 Å². The number of halogens is 3. The molecule has 0 N–H and O–H groups in total. The van der Waals surface area contributed by atoms with Crippen molar-refractivity contribution >= 4 is 0 Å². The minimum absolute atomic E-state index is 0.115. The van der Waals surface area contributed by atoms with Crippen LogP contribution >= 0.6 is 0 Å². The minimum Gasteiger partial charge on any atom is -0.171 e. The first-order chi connectivity index (χ1) is 5.37. The molecule has 0 saturated heterocycles. The van der Waals surface area contributed by atoms with Gasteiger partial charge in [-0.3, -0.25) is 0 Å². The number of rotatable bonds is 0. The van der Waals surface area contributed by atoms with Crippen molar-refractivity contribution in [3.63, 3.8) is 0 Å². The number of alkyl halides is 3. The second-order valence-electron chi connectivity index (χ2n) is 4.77. The minimum atomic E-state index is -3.98. The average molecular weight is 178 g/mol. The summed E-state index contributed by atoms with van der Waals surface area (Å²) >= 11 is 0. The van der Waals surface area contributed by atoms with Gasteiger partial charge in [-0.1, -0.05) is 13.3 Å². The van der Waals surface area contributed by atoms with Gasteiger partial charge < -0.3 is 0 Å². The zero-order valence-corrected chi connectivity index (χ0v) is 7.17. The van der Waals surface area contributed by atoms with Gasteiger partial charge in [0.25, 0.3) is 0 Å². The molecule has 2 aliphatic carbocycles. The van der Waals surface area contributed by atoms with Crippen LogP contribution in [0.5, 0.6) is 0 Å². The van der Waals surface area contributed by atoms with Crippen molar-refractivity contribution in [1.82, 2.24) is 0 Å². The predicted octanol–water partition coefficient (Wildman–Crippen LogP) is 3.52. The Balaban J connectivity index is 2.01. The van der Waals surface area contributed by atoms with E-state index in [0.29, 0.717) is 12.8 Å². The Labute approximate surface area is 70.1 Å². The Morgan fingerprint density at radius 3 is 1.83 bits per heavy atom. The lowest BCUT2D eigenvalue weighted by atomic mass is 9.45. The fraction of sp³-hybridized carbons (Fsp3) is 1.00. The molecule has 0 aromatic heterocycles. The number of hydrogen-bond donors (Lipinski definition) is 0. The van der Waals surface area contributed by atoms with Crippen LogP contribution in [-0.2, 0) is 0 Å². The second-order valence-corrected chi connectivity index (χ2v) is 4.77. The summed E-state index contributed by atoms with van der Waals surface area (Å²) in [7, 11) is 0. The maximum atomic E-state index is 12.4. The quantitative estimate of drug-likeness (QED) is 0.532. The van der Waals surface area contributed by atoms with Crippen molar-refractivity contribution in [1.29, 1.82) is 0 Å². The molecule has 70 valence electrons. The first-order valence-electron chi connectivity index (χ1n) is 4.44. The van der Waals surface area contributed by atoms with Gasteiger partial charge in [0.2, 0.25) is 0 Å². The lowest BCUT2D eigenvalue weighted by Gasteiger charge is -2.60. The number of hydrogen-bond acceptors (Lipinski definition) is 0. The van der Waals surface area contributed by atoms with E-state index in [0.717, 1.165) is 19.3 Å². The van der Waals surface area contributed by atoms with Crippen LogP contribution in [0.2, 0.25) is 0 Å². The van der Waals surface area contributed by atoms with E-state index >= 15 is 0 Å². The van der Waals surface area contributed by atoms with Crippen molar-refractivity contribution in [2.24, 2.45) is 10.8 Å². The van der Waals surface area contributed by atoms with Crippen molar-refractivity contribution in [3.8, 4) is 0 Å². The van der Waals surface area contributed by atoms with Crippen LogP contribution in [0.25, 0.3) is 0 Å². The van der Waals surface area contributed by atoms with Gasteiger partial charge >= 0.3 is 6.18 Å². The highest BCUT2D eigenvalue weighted by Crippen LogP contribution is 2.68. The Bertz CT molecular complexity index is 192. The van der Waals surface area contributed by atoms with Gasteiger partial charge in [-0.05, 0) is 31.1 Å². The molecule has 0 heterocycles. The van der Waals surface area contributed by atoms with E-state index in [1.54, 1.807) is 0 Å². The molecule has 0 nitrogen and oxygen atoms in total. The molecule has 0 bridgehead atoms. The van der Waals surface area contributed by atoms with Crippen molar-refractivity contribution in [3.05, 3.63) is 0 Å². The molecule has 2 aliphatic rings. The normalized spacial score (nSPS) is 31.0. The Hall–Kier alpha value is -0.210. The van der Waals surface area contributed by atoms with Gasteiger partial charge in [0, 0.05) is 0 Å². The lowest BCUT2D eigenvalue weighted by molar-refractivity contribution is -0.286. The molecule has 0 unspecified atom stereocenters. The summed E-state index contributed by atoms with van der Waals surface area (Å²) in [5.74, 6) is 0. The molecule has 0 aromatic carbocycles. The fourth-order valence-corrected chi connectivity index (χ4v) is 2.83. The summed E-state index contributed by atoms with van der Waals surface area (Å²) in [5, 5.41) is 0. The molecule has 0 aromatic rings.